The van der Waals surface area contributed by atoms with Crippen molar-refractivity contribution >= 4 is 15.7 Å². The molecular formula is C18H22N4O3S. The third kappa shape index (κ3) is 4.73. The van der Waals surface area contributed by atoms with Crippen molar-refractivity contribution in [2.75, 3.05) is 33.1 Å². The molecule has 3 N–H and O–H groups in total. The minimum Gasteiger partial charge on any atom is -0.497 e. The number of hydrogen-bond acceptors (Lipinski definition) is 6. The second-order valence-corrected chi connectivity index (χ2v) is 7.53. The van der Waals surface area contributed by atoms with E-state index in [1.807, 2.05) is 49.3 Å². The Bertz CT molecular complexity index is 920. The van der Waals surface area contributed by atoms with Gasteiger partial charge in [0, 0.05) is 6.54 Å². The summed E-state index contributed by atoms with van der Waals surface area (Å²) < 4.78 is 29.0. The summed E-state index contributed by atoms with van der Waals surface area (Å²) in [5, 5.41) is 17.4. The van der Waals surface area contributed by atoms with Gasteiger partial charge in [0.2, 0.25) is 10.0 Å². The molecule has 0 amide bonds. The number of methoxy groups -OCH3 is 1. The van der Waals surface area contributed by atoms with Gasteiger partial charge in [0.15, 0.2) is 0 Å². The van der Waals surface area contributed by atoms with Gasteiger partial charge in [-0.1, -0.05) is 12.1 Å². The summed E-state index contributed by atoms with van der Waals surface area (Å²) in [6, 6.07) is 13.9. The molecule has 8 heteroatoms. The third-order valence-corrected chi connectivity index (χ3v) is 4.96. The molecule has 0 aliphatic carbocycles. The number of anilines is 1. The second kappa shape index (κ2) is 8.19. The van der Waals surface area contributed by atoms with E-state index in [1.165, 1.54) is 6.07 Å². The molecule has 0 bridgehead atoms. The molecule has 0 heterocycles. The average molecular weight is 374 g/mol. The minimum atomic E-state index is -3.96. The molecule has 0 aliphatic heterocycles. The molecule has 0 radical (unpaired) electrons. The van der Waals surface area contributed by atoms with Crippen LogP contribution in [0.15, 0.2) is 47.4 Å². The van der Waals surface area contributed by atoms with Crippen LogP contribution < -0.4 is 15.2 Å². The lowest BCUT2D eigenvalue weighted by Crippen LogP contribution is -2.27. The second-order valence-electron chi connectivity index (χ2n) is 6.00. The molecule has 0 saturated carbocycles. The molecule has 138 valence electrons. The van der Waals surface area contributed by atoms with Crippen molar-refractivity contribution < 1.29 is 13.2 Å². The lowest BCUT2D eigenvalue weighted by Gasteiger charge is -2.26. The van der Waals surface area contributed by atoms with Gasteiger partial charge < -0.3 is 15.0 Å². The molecule has 2 aromatic carbocycles. The van der Waals surface area contributed by atoms with Gasteiger partial charge in [0.1, 0.15) is 10.6 Å². The molecule has 0 aromatic heterocycles. The maximum absolute atomic E-state index is 11.9. The van der Waals surface area contributed by atoms with Crippen molar-refractivity contribution in [3.63, 3.8) is 0 Å². The highest BCUT2D eigenvalue weighted by Gasteiger charge is 2.18. The summed E-state index contributed by atoms with van der Waals surface area (Å²) in [6.45, 7) is 0.439. The van der Waals surface area contributed by atoms with Gasteiger partial charge in [0.05, 0.1) is 30.5 Å². The van der Waals surface area contributed by atoms with Gasteiger partial charge >= 0.3 is 0 Å². The number of primary sulfonamides is 1. The van der Waals surface area contributed by atoms with E-state index in [9.17, 15) is 8.42 Å². The third-order valence-electron chi connectivity index (χ3n) is 4.01. The first kappa shape index (κ1) is 19.7. The normalized spacial score (nSPS) is 12.5. The molecule has 0 unspecified atom stereocenters. The maximum atomic E-state index is 11.9. The highest BCUT2D eigenvalue weighted by Crippen LogP contribution is 2.26. The van der Waals surface area contributed by atoms with Crippen molar-refractivity contribution in [1.82, 2.24) is 4.90 Å². The number of hydrogen-bond donors (Lipinski definition) is 2. The van der Waals surface area contributed by atoms with E-state index in [-0.39, 0.29) is 16.5 Å². The Labute approximate surface area is 154 Å². The standard InChI is InChI=1S/C18H22N4O3S/c1-22(2)17(14-5-4-6-15(10-14)25-3)12-21-16-8-7-13(11-19)9-18(16)26(20,23)24/h4-10,17,21H,12H2,1-3H3,(H2,20,23,24)/t17-/m0/s1. The van der Waals surface area contributed by atoms with Gasteiger partial charge in [-0.05, 0) is 50.0 Å². The Morgan fingerprint density at radius 2 is 2.00 bits per heavy atom. The van der Waals surface area contributed by atoms with Crippen molar-refractivity contribution in [3.8, 4) is 11.8 Å². The first-order chi connectivity index (χ1) is 12.3. The summed E-state index contributed by atoms with van der Waals surface area (Å²) in [7, 11) is 1.52. The minimum absolute atomic E-state index is 0.0333. The van der Waals surface area contributed by atoms with E-state index in [4.69, 9.17) is 15.1 Å². The fraction of sp³-hybridized carbons (Fsp3) is 0.278. The predicted molar refractivity (Wildman–Crippen MR) is 100 cm³/mol. The van der Waals surface area contributed by atoms with Crippen LogP contribution in [0, 0.1) is 11.3 Å². The Morgan fingerprint density at radius 1 is 1.27 bits per heavy atom. The molecule has 0 aliphatic rings. The molecule has 0 spiro atoms. The number of nitrogens with zero attached hydrogens (tertiary/aromatic N) is 2. The number of nitriles is 1. The van der Waals surface area contributed by atoms with E-state index < -0.39 is 10.0 Å². The number of nitrogens with two attached hydrogens (primary N) is 1. The van der Waals surface area contributed by atoms with Crippen LogP contribution in [-0.4, -0.2) is 41.1 Å². The highest BCUT2D eigenvalue weighted by atomic mass is 32.2. The van der Waals surface area contributed by atoms with Crippen molar-refractivity contribution in [2.45, 2.75) is 10.9 Å². The summed E-state index contributed by atoms with van der Waals surface area (Å²) >= 11 is 0. The van der Waals surface area contributed by atoms with Crippen LogP contribution in [0.5, 0.6) is 5.75 Å². The van der Waals surface area contributed by atoms with Crippen LogP contribution in [0.3, 0.4) is 0 Å². The van der Waals surface area contributed by atoms with E-state index in [2.05, 4.69) is 5.32 Å². The molecular weight excluding hydrogens is 352 g/mol. The average Bonchev–Trinajstić information content (AvgIpc) is 2.61. The fourth-order valence-corrected chi connectivity index (χ4v) is 3.37. The zero-order valence-electron chi connectivity index (χ0n) is 14.9. The summed E-state index contributed by atoms with van der Waals surface area (Å²) in [5.74, 6) is 0.748. The van der Waals surface area contributed by atoms with E-state index in [1.54, 1.807) is 19.2 Å². The van der Waals surface area contributed by atoms with Crippen LogP contribution in [0.25, 0.3) is 0 Å². The lowest BCUT2D eigenvalue weighted by atomic mass is 10.1. The number of rotatable bonds is 7. The maximum Gasteiger partial charge on any atom is 0.240 e. The number of ether oxygens (including phenoxy) is 1. The SMILES string of the molecule is COc1cccc([C@H](CNc2ccc(C#N)cc2S(N)(=O)=O)N(C)C)c1. The van der Waals surface area contributed by atoms with Gasteiger partial charge in [-0.25, -0.2) is 13.6 Å². The smallest absolute Gasteiger partial charge is 0.240 e. The topological polar surface area (TPSA) is 108 Å². The molecule has 2 rings (SSSR count). The largest absolute Gasteiger partial charge is 0.497 e. The molecule has 0 saturated heterocycles. The zero-order valence-corrected chi connectivity index (χ0v) is 15.7. The van der Waals surface area contributed by atoms with E-state index in [0.29, 0.717) is 12.2 Å². The molecule has 2 aromatic rings. The summed E-state index contributed by atoms with van der Waals surface area (Å²) in [6.07, 6.45) is 0. The van der Waals surface area contributed by atoms with Crippen molar-refractivity contribution in [2.24, 2.45) is 5.14 Å². The molecule has 1 atom stereocenters. The lowest BCUT2D eigenvalue weighted by molar-refractivity contribution is 0.310. The van der Waals surface area contributed by atoms with Crippen LogP contribution in [0.4, 0.5) is 5.69 Å². The number of benzene rings is 2. The zero-order chi connectivity index (χ0) is 19.3. The Morgan fingerprint density at radius 3 is 2.58 bits per heavy atom. The fourth-order valence-electron chi connectivity index (χ4n) is 2.63. The quantitative estimate of drug-likeness (QED) is 0.766. The van der Waals surface area contributed by atoms with Crippen LogP contribution in [0.1, 0.15) is 17.2 Å². The number of sulfonamides is 1. The van der Waals surface area contributed by atoms with Crippen molar-refractivity contribution in [1.29, 1.82) is 5.26 Å². The monoisotopic (exact) mass is 374 g/mol. The number of likely N-dealkylation sites (N-methyl/N-ethyl adjacent to an activating group) is 1. The summed E-state index contributed by atoms with van der Waals surface area (Å²) in [5.41, 5.74) is 1.62. The molecule has 7 nitrogen and oxygen atoms in total. The first-order valence-corrected chi connectivity index (χ1v) is 9.42. The predicted octanol–water partition coefficient (Wildman–Crippen LogP) is 1.93. The highest BCUT2D eigenvalue weighted by molar-refractivity contribution is 7.89. The summed E-state index contributed by atoms with van der Waals surface area (Å²) in [4.78, 5) is 1.92. The molecule has 0 fully saturated rings. The van der Waals surface area contributed by atoms with Crippen LogP contribution in [0.2, 0.25) is 0 Å². The van der Waals surface area contributed by atoms with Gasteiger partial charge in [-0.15, -0.1) is 0 Å². The number of nitrogens with one attached hydrogen (secondary N) is 1. The van der Waals surface area contributed by atoms with Gasteiger partial charge in [-0.2, -0.15) is 5.26 Å². The molecule has 26 heavy (non-hydrogen) atoms. The van der Waals surface area contributed by atoms with Gasteiger partial charge in [0.25, 0.3) is 0 Å². The van der Waals surface area contributed by atoms with E-state index >= 15 is 0 Å². The Balaban J connectivity index is 2.31. The van der Waals surface area contributed by atoms with E-state index in [0.717, 1.165) is 11.3 Å². The Kier molecular flexibility index (Phi) is 6.21. The van der Waals surface area contributed by atoms with Gasteiger partial charge in [-0.3, -0.25) is 0 Å². The Hall–Kier alpha value is -2.60. The van der Waals surface area contributed by atoms with Crippen LogP contribution in [-0.2, 0) is 10.0 Å². The van der Waals surface area contributed by atoms with Crippen molar-refractivity contribution in [3.05, 3.63) is 53.6 Å². The first-order valence-electron chi connectivity index (χ1n) is 7.87. The van der Waals surface area contributed by atoms with Crippen LogP contribution >= 0.6 is 0 Å².